The van der Waals surface area contributed by atoms with Crippen molar-refractivity contribution in [3.8, 4) is 22.6 Å². The van der Waals surface area contributed by atoms with Crippen LogP contribution in [0.5, 0.6) is 11.5 Å². The molecule has 0 bridgehead atoms. The van der Waals surface area contributed by atoms with Crippen molar-refractivity contribution in [2.75, 3.05) is 11.5 Å². The second-order valence-corrected chi connectivity index (χ2v) is 17.2. The van der Waals surface area contributed by atoms with E-state index in [-0.39, 0.29) is 141 Å². The van der Waals surface area contributed by atoms with E-state index in [1.807, 2.05) is 0 Å². The largest absolute Gasteiger partial charge is 1.00 e. The van der Waals surface area contributed by atoms with Gasteiger partial charge in [-0.2, -0.15) is 27.1 Å². The average Bonchev–Trinajstić information content (AvgIpc) is 3.09. The smallest absolute Gasteiger partial charge is 0.872 e. The molecule has 6 aromatic rings. The van der Waals surface area contributed by atoms with Crippen LogP contribution in [-0.2, 0) is 40.5 Å². The van der Waals surface area contributed by atoms with Gasteiger partial charge in [0.25, 0.3) is 20.2 Å². The summed E-state index contributed by atoms with van der Waals surface area (Å²) in [7, 11) is -20.5. The molecule has 0 unspecified atom stereocenters. The van der Waals surface area contributed by atoms with Gasteiger partial charge in [0.15, 0.2) is 0 Å². The van der Waals surface area contributed by atoms with Crippen LogP contribution in [0.1, 0.15) is 0 Å². The first-order valence-corrected chi connectivity index (χ1v) is 20.7. The van der Waals surface area contributed by atoms with Gasteiger partial charge in [0.05, 0.1) is 32.5 Å². The van der Waals surface area contributed by atoms with Crippen LogP contribution in [0.2, 0.25) is 0 Å². The first-order valence-electron chi connectivity index (χ1n) is 15.0. The van der Waals surface area contributed by atoms with Gasteiger partial charge in [-0.3, -0.25) is 9.11 Å². The Morgan fingerprint density at radius 1 is 0.467 bits per heavy atom. The van der Waals surface area contributed by atoms with Crippen molar-refractivity contribution >= 4 is 96.1 Å². The molecule has 6 aromatic carbocycles. The summed E-state index contributed by atoms with van der Waals surface area (Å²) in [6.07, 6.45) is 0. The minimum absolute atomic E-state index is 0. The van der Waals surface area contributed by atoms with Crippen LogP contribution in [-0.4, -0.2) is 51.9 Å². The Labute approximate surface area is 429 Å². The molecule has 0 radical (unpaired) electrons. The van der Waals surface area contributed by atoms with Gasteiger partial charge in [0.1, 0.15) is 41.4 Å². The molecule has 6 rings (SSSR count). The van der Waals surface area contributed by atoms with Gasteiger partial charge in [-0.05, 0) is 59.7 Å². The van der Waals surface area contributed by atoms with Crippen LogP contribution >= 0.6 is 0 Å². The van der Waals surface area contributed by atoms with Gasteiger partial charge in [0, 0.05) is 21.5 Å². The summed E-state index contributed by atoms with van der Waals surface area (Å²) < 4.78 is 137. The van der Waals surface area contributed by atoms with E-state index in [9.17, 15) is 62.1 Å². The van der Waals surface area contributed by atoms with E-state index in [0.717, 1.165) is 12.1 Å². The van der Waals surface area contributed by atoms with Gasteiger partial charge >= 0.3 is 118 Å². The van der Waals surface area contributed by atoms with Gasteiger partial charge in [0.2, 0.25) is 0 Å². The molecule has 0 aliphatic heterocycles. The summed E-state index contributed by atoms with van der Waals surface area (Å²) in [4.78, 5) is -3.94. The van der Waals surface area contributed by atoms with Crippen LogP contribution < -0.4 is 140 Å². The van der Waals surface area contributed by atoms with Crippen LogP contribution in [0.4, 0.5) is 34.1 Å². The molecule has 0 saturated carbocycles. The summed E-state index contributed by atoms with van der Waals surface area (Å²) in [6.45, 7) is 0. The number of hydrogen-bond donors (Lipinski definition) is 4. The molecular weight excluding hydrogens is 913 g/mol. The molecule has 0 aliphatic carbocycles. The van der Waals surface area contributed by atoms with Gasteiger partial charge in [-0.1, -0.05) is 47.9 Å². The predicted octanol–water partition coefficient (Wildman–Crippen LogP) is -7.88. The normalized spacial score (nSPS) is 12.1. The molecular formula is C32H20N6Na4O14S4. The number of benzene rings is 6. The zero-order chi connectivity index (χ0) is 41.1. The summed E-state index contributed by atoms with van der Waals surface area (Å²) >= 11 is 0. The molecule has 0 heterocycles. The Morgan fingerprint density at radius 3 is 1.03 bits per heavy atom. The first-order chi connectivity index (χ1) is 25.9. The van der Waals surface area contributed by atoms with Crippen molar-refractivity contribution in [3.63, 3.8) is 0 Å². The fourth-order valence-electron chi connectivity index (χ4n) is 5.49. The maximum atomic E-state index is 12.7. The van der Waals surface area contributed by atoms with E-state index >= 15 is 0 Å². The third kappa shape index (κ3) is 11.7. The fraction of sp³-hybridized carbons (Fsp3) is 0. The van der Waals surface area contributed by atoms with Gasteiger partial charge < -0.3 is 30.8 Å². The molecule has 0 amide bonds. The minimum atomic E-state index is -5.18. The van der Waals surface area contributed by atoms with Crippen LogP contribution in [0, 0.1) is 0 Å². The monoisotopic (exact) mass is 932 g/mol. The Kier molecular flexibility index (Phi) is 18.1. The molecule has 290 valence electrons. The van der Waals surface area contributed by atoms with Gasteiger partial charge in [-0.25, -0.2) is 16.8 Å². The third-order valence-corrected chi connectivity index (χ3v) is 11.5. The van der Waals surface area contributed by atoms with E-state index in [1.165, 1.54) is 24.3 Å². The van der Waals surface area contributed by atoms with Crippen LogP contribution in [0.15, 0.2) is 125 Å². The molecule has 0 aliphatic rings. The molecule has 0 saturated heterocycles. The Morgan fingerprint density at radius 2 is 0.767 bits per heavy atom. The quantitative estimate of drug-likeness (QED) is 0.0453. The zero-order valence-electron chi connectivity index (χ0n) is 31.5. The van der Waals surface area contributed by atoms with Crippen LogP contribution in [0.25, 0.3) is 32.7 Å². The molecule has 0 spiro atoms. The predicted molar refractivity (Wildman–Crippen MR) is 191 cm³/mol. The Balaban J connectivity index is 0.00000310. The van der Waals surface area contributed by atoms with Crippen molar-refractivity contribution < 1.29 is 180 Å². The minimum Gasteiger partial charge on any atom is -0.872 e. The Hall–Kier alpha value is -2.12. The first kappa shape index (κ1) is 54.0. The van der Waals surface area contributed by atoms with Crippen molar-refractivity contribution in [3.05, 3.63) is 84.9 Å². The summed E-state index contributed by atoms with van der Waals surface area (Å²) in [6, 6.07) is 16.2. The molecule has 0 fully saturated rings. The molecule has 60 heavy (non-hydrogen) atoms. The van der Waals surface area contributed by atoms with Crippen molar-refractivity contribution in [1.29, 1.82) is 0 Å². The van der Waals surface area contributed by atoms with Crippen molar-refractivity contribution in [1.82, 2.24) is 0 Å². The fourth-order valence-corrected chi connectivity index (χ4v) is 7.91. The number of hydrogen-bond acceptors (Lipinski definition) is 18. The summed E-state index contributed by atoms with van der Waals surface area (Å²) in [5.41, 5.74) is 12.3. The topological polar surface area (TPSA) is 371 Å². The van der Waals surface area contributed by atoms with Crippen molar-refractivity contribution in [2.24, 2.45) is 20.5 Å². The number of azo groups is 2. The van der Waals surface area contributed by atoms with Gasteiger partial charge in [-0.15, -0.1) is 10.2 Å². The van der Waals surface area contributed by atoms with E-state index in [1.54, 1.807) is 24.3 Å². The zero-order valence-corrected chi connectivity index (χ0v) is 42.7. The number of rotatable bonds is 9. The van der Waals surface area contributed by atoms with Crippen LogP contribution in [0.3, 0.4) is 0 Å². The molecule has 20 nitrogen and oxygen atoms in total. The molecule has 28 heteroatoms. The number of nitrogens with two attached hydrogens (primary N) is 2. The third-order valence-electron chi connectivity index (χ3n) is 8.06. The number of nitrogen functional groups attached to an aromatic ring is 2. The Bertz CT molecular complexity index is 2960. The maximum absolute atomic E-state index is 12.7. The summed E-state index contributed by atoms with van der Waals surface area (Å²) in [5.74, 6) is -2.24. The second-order valence-electron chi connectivity index (χ2n) is 11.7. The standard InChI is InChI=1S/C32H24N6O14S4.4Na/c33-31-23(13-27(55(47,48)49)21-9-19(53(41,42)43)11-25(39)29(21)31)37-35-17-5-1-15(2-6-17)16-3-7-18(8-4-16)36-38-24-14-28(56(50,51)52)22-10-20(54(44,45)46)12-26(40)30(22)32(24)34;;;;/h1-14,39-40H,33-34H2,(H,41,42,43)(H,44,45,46)(H,47,48,49)(H,50,51,52);;;;/q;4*+1/p-4. The van der Waals surface area contributed by atoms with E-state index < -0.39 is 104 Å². The van der Waals surface area contributed by atoms with E-state index in [2.05, 4.69) is 20.5 Å². The molecule has 0 aromatic heterocycles. The van der Waals surface area contributed by atoms with E-state index in [0.29, 0.717) is 35.4 Å². The number of nitrogens with zero attached hydrogens (tertiary/aromatic N) is 4. The number of fused-ring (bicyclic) bond motifs is 2. The average molecular weight is 933 g/mol. The summed E-state index contributed by atoms with van der Waals surface area (Å²) in [5, 5.41) is 38.9. The number of anilines is 2. The molecule has 0 atom stereocenters. The van der Waals surface area contributed by atoms with Crippen molar-refractivity contribution in [2.45, 2.75) is 19.6 Å². The molecule has 6 N–H and O–H groups in total. The maximum Gasteiger partial charge on any atom is 1.00 e. The van der Waals surface area contributed by atoms with E-state index in [4.69, 9.17) is 11.5 Å². The second kappa shape index (κ2) is 20.2. The SMILES string of the molecule is Nc1c(N=Nc2ccc(-c3ccc(N=Nc4cc(S(=O)(=O)O)c5cc(S(=O)(=O)[O-])cc([O-])c5c4N)cc3)cc2)cc(S(=O)(=O)O)c2cc(S(=O)(=O)[O-])cc([O-])c12.[Na+].[Na+].[Na+].[Na+].